The van der Waals surface area contributed by atoms with Crippen molar-refractivity contribution in [1.82, 2.24) is 0 Å². The van der Waals surface area contributed by atoms with Gasteiger partial charge in [-0.1, -0.05) is 47.7 Å². The highest BCUT2D eigenvalue weighted by Gasteiger charge is 2.14. The summed E-state index contributed by atoms with van der Waals surface area (Å²) in [5.41, 5.74) is 2.41. The zero-order valence-corrected chi connectivity index (χ0v) is 13.3. The predicted molar refractivity (Wildman–Crippen MR) is 86.9 cm³/mol. The fourth-order valence-electron chi connectivity index (χ4n) is 1.86. The van der Waals surface area contributed by atoms with Gasteiger partial charge < -0.3 is 9.84 Å². The Labute approximate surface area is 126 Å². The highest BCUT2D eigenvalue weighted by Crippen LogP contribution is 2.30. The molecular formula is C17H24O2S. The van der Waals surface area contributed by atoms with Gasteiger partial charge in [0.05, 0.1) is 6.61 Å². The van der Waals surface area contributed by atoms with Crippen LogP contribution in [0.5, 0.6) is 0 Å². The summed E-state index contributed by atoms with van der Waals surface area (Å²) >= 11 is 1.67. The Balaban J connectivity index is 2.71. The Kier molecular flexibility index (Phi) is 8.35. The van der Waals surface area contributed by atoms with Crippen LogP contribution in [0.4, 0.5) is 0 Å². The van der Waals surface area contributed by atoms with Gasteiger partial charge >= 0.3 is 0 Å². The van der Waals surface area contributed by atoms with Crippen LogP contribution in [-0.4, -0.2) is 24.3 Å². The third-order valence-corrected chi connectivity index (χ3v) is 4.10. The number of aliphatic hydroxyl groups is 1. The molecule has 0 amide bonds. The van der Waals surface area contributed by atoms with Crippen molar-refractivity contribution in [3.8, 4) is 0 Å². The van der Waals surface area contributed by atoms with E-state index in [9.17, 15) is 5.11 Å². The molecule has 0 saturated heterocycles. The number of allylic oxidation sites excluding steroid dienone is 2. The molecule has 0 fully saturated rings. The standard InChI is InChI=1S/C17H24O2S/c1-14(2)8-7-9-15(12-13-18)17(19-3)20-16-10-5-4-6-11-16/h4-6,8,10-12,17-18H,7,9,13H2,1-3H3/b15-12-. The summed E-state index contributed by atoms with van der Waals surface area (Å²) in [5, 5.41) is 9.20. The number of hydrogen-bond donors (Lipinski definition) is 1. The monoisotopic (exact) mass is 292 g/mol. The van der Waals surface area contributed by atoms with Crippen LogP contribution in [0.2, 0.25) is 0 Å². The van der Waals surface area contributed by atoms with Crippen molar-refractivity contribution in [2.24, 2.45) is 0 Å². The van der Waals surface area contributed by atoms with Crippen molar-refractivity contribution in [3.05, 3.63) is 53.6 Å². The molecule has 0 saturated carbocycles. The third kappa shape index (κ3) is 6.42. The van der Waals surface area contributed by atoms with Gasteiger partial charge in [0.1, 0.15) is 5.44 Å². The Hall–Kier alpha value is -1.03. The average Bonchev–Trinajstić information content (AvgIpc) is 2.45. The molecule has 0 aliphatic carbocycles. The molecule has 2 nitrogen and oxygen atoms in total. The predicted octanol–water partition coefficient (Wildman–Crippen LogP) is 4.42. The molecule has 0 bridgehead atoms. The fourth-order valence-corrected chi connectivity index (χ4v) is 2.88. The number of ether oxygens (including phenoxy) is 1. The number of aliphatic hydroxyl groups excluding tert-OH is 1. The van der Waals surface area contributed by atoms with Crippen LogP contribution in [0.15, 0.2) is 58.5 Å². The first-order valence-corrected chi connectivity index (χ1v) is 7.73. The van der Waals surface area contributed by atoms with Gasteiger partial charge in [-0.25, -0.2) is 0 Å². The van der Waals surface area contributed by atoms with Crippen molar-refractivity contribution < 1.29 is 9.84 Å². The van der Waals surface area contributed by atoms with Crippen LogP contribution in [0.25, 0.3) is 0 Å². The minimum absolute atomic E-state index is 0.0462. The van der Waals surface area contributed by atoms with Crippen molar-refractivity contribution >= 4 is 11.8 Å². The summed E-state index contributed by atoms with van der Waals surface area (Å²) in [6.45, 7) is 4.25. The molecule has 1 atom stereocenters. The average molecular weight is 292 g/mol. The fraction of sp³-hybridized carbons (Fsp3) is 0.412. The second-order valence-electron chi connectivity index (χ2n) is 4.78. The maximum atomic E-state index is 9.20. The van der Waals surface area contributed by atoms with Gasteiger partial charge in [-0.2, -0.15) is 0 Å². The van der Waals surface area contributed by atoms with Crippen LogP contribution in [-0.2, 0) is 4.74 Å². The van der Waals surface area contributed by atoms with E-state index in [1.54, 1.807) is 18.9 Å². The number of benzene rings is 1. The van der Waals surface area contributed by atoms with E-state index in [0.717, 1.165) is 18.4 Å². The highest BCUT2D eigenvalue weighted by atomic mass is 32.2. The summed E-state index contributed by atoms with van der Waals surface area (Å²) in [7, 11) is 1.72. The van der Waals surface area contributed by atoms with Gasteiger partial charge in [-0.3, -0.25) is 0 Å². The molecule has 0 aliphatic rings. The molecule has 0 aromatic heterocycles. The first kappa shape index (κ1) is 17.0. The van der Waals surface area contributed by atoms with Crippen molar-refractivity contribution in [2.45, 2.75) is 37.0 Å². The largest absolute Gasteiger partial charge is 0.392 e. The molecule has 0 aliphatic heterocycles. The zero-order valence-electron chi connectivity index (χ0n) is 12.5. The van der Waals surface area contributed by atoms with Crippen LogP contribution in [0.1, 0.15) is 26.7 Å². The molecule has 110 valence electrons. The quantitative estimate of drug-likeness (QED) is 0.437. The van der Waals surface area contributed by atoms with Crippen molar-refractivity contribution in [1.29, 1.82) is 0 Å². The van der Waals surface area contributed by atoms with Gasteiger partial charge in [0.2, 0.25) is 0 Å². The van der Waals surface area contributed by atoms with E-state index in [-0.39, 0.29) is 12.0 Å². The maximum Gasteiger partial charge on any atom is 0.128 e. The molecule has 20 heavy (non-hydrogen) atoms. The first-order valence-electron chi connectivity index (χ1n) is 6.85. The number of methoxy groups -OCH3 is 1. The minimum atomic E-state index is -0.0462. The SMILES string of the molecule is COC(Sc1ccccc1)/C(=C\CO)CCC=C(C)C. The molecule has 0 spiro atoms. The molecular weight excluding hydrogens is 268 g/mol. The van der Waals surface area contributed by atoms with E-state index in [1.165, 1.54) is 10.5 Å². The van der Waals surface area contributed by atoms with E-state index in [4.69, 9.17) is 4.74 Å². The summed E-state index contributed by atoms with van der Waals surface area (Å²) in [5.74, 6) is 0. The smallest absolute Gasteiger partial charge is 0.128 e. The Morgan fingerprint density at radius 1 is 1.25 bits per heavy atom. The van der Waals surface area contributed by atoms with Crippen molar-refractivity contribution in [2.75, 3.05) is 13.7 Å². The van der Waals surface area contributed by atoms with Gasteiger partial charge in [0, 0.05) is 12.0 Å². The molecule has 3 heteroatoms. The molecule has 1 aromatic carbocycles. The lowest BCUT2D eigenvalue weighted by molar-refractivity contribution is 0.195. The molecule has 1 rings (SSSR count). The first-order chi connectivity index (χ1) is 9.67. The number of hydrogen-bond acceptors (Lipinski definition) is 3. The molecule has 1 N–H and O–H groups in total. The van der Waals surface area contributed by atoms with Gasteiger partial charge in [0.15, 0.2) is 0 Å². The molecule has 0 radical (unpaired) electrons. The normalized spacial score (nSPS) is 13.1. The third-order valence-electron chi connectivity index (χ3n) is 2.84. The van der Waals surface area contributed by atoms with Gasteiger partial charge in [-0.05, 0) is 44.4 Å². The number of rotatable bonds is 8. The topological polar surface area (TPSA) is 29.5 Å². The van der Waals surface area contributed by atoms with E-state index >= 15 is 0 Å². The minimum Gasteiger partial charge on any atom is -0.392 e. The van der Waals surface area contributed by atoms with Crippen LogP contribution >= 0.6 is 11.8 Å². The van der Waals surface area contributed by atoms with Gasteiger partial charge in [-0.15, -0.1) is 0 Å². The lowest BCUT2D eigenvalue weighted by atomic mass is 10.1. The Morgan fingerprint density at radius 3 is 2.50 bits per heavy atom. The van der Waals surface area contributed by atoms with Crippen LogP contribution in [0.3, 0.4) is 0 Å². The second kappa shape index (κ2) is 9.81. The van der Waals surface area contributed by atoms with E-state index in [0.29, 0.717) is 0 Å². The summed E-state index contributed by atoms with van der Waals surface area (Å²) in [6.07, 6.45) is 5.96. The summed E-state index contributed by atoms with van der Waals surface area (Å²) in [4.78, 5) is 1.17. The lowest BCUT2D eigenvalue weighted by Crippen LogP contribution is -2.10. The Morgan fingerprint density at radius 2 is 1.95 bits per heavy atom. The van der Waals surface area contributed by atoms with E-state index in [1.807, 2.05) is 24.3 Å². The molecule has 0 heterocycles. The van der Waals surface area contributed by atoms with E-state index < -0.39 is 0 Å². The zero-order chi connectivity index (χ0) is 14.8. The lowest BCUT2D eigenvalue weighted by Gasteiger charge is -2.18. The highest BCUT2D eigenvalue weighted by molar-refractivity contribution is 8.00. The second-order valence-corrected chi connectivity index (χ2v) is 5.92. The van der Waals surface area contributed by atoms with Crippen molar-refractivity contribution in [3.63, 3.8) is 0 Å². The maximum absolute atomic E-state index is 9.20. The van der Waals surface area contributed by atoms with Gasteiger partial charge in [0.25, 0.3) is 0 Å². The summed E-state index contributed by atoms with van der Waals surface area (Å²) < 4.78 is 5.59. The van der Waals surface area contributed by atoms with Crippen LogP contribution < -0.4 is 0 Å². The molecule has 1 aromatic rings. The van der Waals surface area contributed by atoms with E-state index in [2.05, 4.69) is 32.1 Å². The number of thioether (sulfide) groups is 1. The Bertz CT molecular complexity index is 434. The molecule has 1 unspecified atom stereocenters. The summed E-state index contributed by atoms with van der Waals surface area (Å²) in [6, 6.07) is 10.2. The van der Waals surface area contributed by atoms with Crippen LogP contribution in [0, 0.1) is 0 Å².